The molecular formula is C14H16N4O2. The molecular weight excluding hydrogens is 256 g/mol. The Bertz CT molecular complexity index is 693. The molecule has 0 aliphatic carbocycles. The fourth-order valence-corrected chi connectivity index (χ4v) is 2.54. The molecule has 0 spiro atoms. The van der Waals surface area contributed by atoms with Gasteiger partial charge in [-0.25, -0.2) is 0 Å². The highest BCUT2D eigenvalue weighted by molar-refractivity contribution is 5.45. The molecule has 1 aromatic carbocycles. The summed E-state index contributed by atoms with van der Waals surface area (Å²) in [7, 11) is 3.55. The van der Waals surface area contributed by atoms with Gasteiger partial charge in [-0.1, -0.05) is 12.1 Å². The number of hydrogen-bond donors (Lipinski definition) is 1. The van der Waals surface area contributed by atoms with Crippen molar-refractivity contribution in [3.05, 3.63) is 46.2 Å². The van der Waals surface area contributed by atoms with Crippen molar-refractivity contribution < 1.29 is 4.74 Å². The maximum absolute atomic E-state index is 12.0. The van der Waals surface area contributed by atoms with E-state index in [-0.39, 0.29) is 17.4 Å². The van der Waals surface area contributed by atoms with Gasteiger partial charge in [-0.3, -0.25) is 9.36 Å². The van der Waals surface area contributed by atoms with Crippen LogP contribution in [0.5, 0.6) is 5.75 Å². The maximum Gasteiger partial charge on any atom is 0.257 e. The summed E-state index contributed by atoms with van der Waals surface area (Å²) >= 11 is 0. The molecule has 2 heterocycles. The van der Waals surface area contributed by atoms with E-state index in [1.165, 1.54) is 6.07 Å². The number of likely N-dealkylation sites (N-methyl/N-ethyl adjacent to an activating group) is 1. The molecule has 1 aliphatic heterocycles. The Morgan fingerprint density at radius 1 is 1.35 bits per heavy atom. The highest BCUT2D eigenvalue weighted by Gasteiger charge is 2.29. The summed E-state index contributed by atoms with van der Waals surface area (Å²) in [6.07, 6.45) is 0. The van der Waals surface area contributed by atoms with Crippen LogP contribution in [-0.2, 0) is 6.54 Å². The van der Waals surface area contributed by atoms with Gasteiger partial charge in [0, 0.05) is 13.1 Å². The maximum atomic E-state index is 12.0. The third-order valence-electron chi connectivity index (χ3n) is 3.65. The molecule has 0 amide bonds. The first-order valence-corrected chi connectivity index (χ1v) is 6.34. The Morgan fingerprint density at radius 3 is 2.70 bits per heavy atom. The molecule has 6 nitrogen and oxygen atoms in total. The van der Waals surface area contributed by atoms with Gasteiger partial charge in [0.1, 0.15) is 11.6 Å². The second-order valence-electron chi connectivity index (χ2n) is 4.83. The highest BCUT2D eigenvalue weighted by Crippen LogP contribution is 2.32. The van der Waals surface area contributed by atoms with Crippen molar-refractivity contribution in [3.8, 4) is 5.75 Å². The monoisotopic (exact) mass is 272 g/mol. The van der Waals surface area contributed by atoms with Gasteiger partial charge >= 0.3 is 0 Å². The average molecular weight is 272 g/mol. The number of nitrogens with two attached hydrogens (primary N) is 1. The van der Waals surface area contributed by atoms with Gasteiger partial charge < -0.3 is 15.4 Å². The van der Waals surface area contributed by atoms with Gasteiger partial charge in [-0.2, -0.15) is 4.98 Å². The number of ether oxygens (including phenoxy) is 1. The summed E-state index contributed by atoms with van der Waals surface area (Å²) < 4.78 is 6.80. The lowest BCUT2D eigenvalue weighted by Gasteiger charge is -2.20. The van der Waals surface area contributed by atoms with E-state index in [1.54, 1.807) is 11.7 Å². The normalized spacial score (nSPS) is 17.1. The predicted molar refractivity (Wildman–Crippen MR) is 77.0 cm³/mol. The van der Waals surface area contributed by atoms with Crippen LogP contribution in [0.3, 0.4) is 0 Å². The molecule has 20 heavy (non-hydrogen) atoms. The number of fused-ring (bicyclic) bond motifs is 1. The standard InChI is InChI=1S/C14H16N4O2/c1-17-11(9-3-5-10(20-2)6-4-9)8-18-13(19)7-12(15)16-14(17)18/h3-7,11H,8,15H2,1-2H3. The summed E-state index contributed by atoms with van der Waals surface area (Å²) in [6.45, 7) is 0.574. The fourth-order valence-electron chi connectivity index (χ4n) is 2.54. The van der Waals surface area contributed by atoms with Crippen LogP contribution in [0.2, 0.25) is 0 Å². The van der Waals surface area contributed by atoms with Gasteiger partial charge in [0.25, 0.3) is 5.56 Å². The second-order valence-corrected chi connectivity index (χ2v) is 4.83. The van der Waals surface area contributed by atoms with Crippen molar-refractivity contribution in [1.29, 1.82) is 0 Å². The van der Waals surface area contributed by atoms with Crippen LogP contribution in [0.1, 0.15) is 11.6 Å². The predicted octanol–water partition coefficient (Wildman–Crippen LogP) is 1.03. The zero-order valence-electron chi connectivity index (χ0n) is 11.4. The van der Waals surface area contributed by atoms with E-state index in [9.17, 15) is 4.79 Å². The molecule has 2 aromatic rings. The van der Waals surface area contributed by atoms with Gasteiger partial charge in [0.05, 0.1) is 19.7 Å². The SMILES string of the molecule is COc1ccc(C2Cn3c(nc(N)cc3=O)N2C)cc1. The van der Waals surface area contributed by atoms with Crippen LogP contribution in [0, 0.1) is 0 Å². The Morgan fingerprint density at radius 2 is 2.05 bits per heavy atom. The molecule has 1 unspecified atom stereocenters. The fraction of sp³-hybridized carbons (Fsp3) is 0.286. The lowest BCUT2D eigenvalue weighted by atomic mass is 10.1. The lowest BCUT2D eigenvalue weighted by Crippen LogP contribution is -2.21. The first kappa shape index (κ1) is 12.5. The molecule has 1 atom stereocenters. The van der Waals surface area contributed by atoms with E-state index < -0.39 is 0 Å². The molecule has 2 N–H and O–H groups in total. The number of nitrogens with zero attached hydrogens (tertiary/aromatic N) is 3. The van der Waals surface area contributed by atoms with Crippen molar-refractivity contribution in [2.45, 2.75) is 12.6 Å². The minimum absolute atomic E-state index is 0.0721. The third-order valence-corrected chi connectivity index (χ3v) is 3.65. The van der Waals surface area contributed by atoms with Crippen molar-refractivity contribution in [1.82, 2.24) is 9.55 Å². The average Bonchev–Trinajstić information content (AvgIpc) is 2.77. The Balaban J connectivity index is 1.98. The smallest absolute Gasteiger partial charge is 0.257 e. The van der Waals surface area contributed by atoms with Gasteiger partial charge in [0.2, 0.25) is 5.95 Å². The second kappa shape index (κ2) is 4.56. The molecule has 104 valence electrons. The highest BCUT2D eigenvalue weighted by atomic mass is 16.5. The summed E-state index contributed by atoms with van der Waals surface area (Å²) in [5.74, 6) is 1.67. The van der Waals surface area contributed by atoms with Crippen LogP contribution in [0.25, 0.3) is 0 Å². The van der Waals surface area contributed by atoms with E-state index in [4.69, 9.17) is 10.5 Å². The summed E-state index contributed by atoms with van der Waals surface area (Å²) in [4.78, 5) is 18.2. The zero-order chi connectivity index (χ0) is 14.3. The Labute approximate surface area is 116 Å². The number of anilines is 2. The molecule has 6 heteroatoms. The lowest BCUT2D eigenvalue weighted by molar-refractivity contribution is 0.414. The quantitative estimate of drug-likeness (QED) is 0.883. The van der Waals surface area contributed by atoms with Crippen molar-refractivity contribution in [2.24, 2.45) is 0 Å². The molecule has 0 fully saturated rings. The number of hydrogen-bond acceptors (Lipinski definition) is 5. The Hall–Kier alpha value is -2.50. The van der Waals surface area contributed by atoms with Crippen LogP contribution < -0.4 is 20.9 Å². The zero-order valence-corrected chi connectivity index (χ0v) is 11.4. The Kier molecular flexibility index (Phi) is 2.85. The summed E-state index contributed by atoms with van der Waals surface area (Å²) in [6, 6.07) is 9.25. The summed E-state index contributed by atoms with van der Waals surface area (Å²) in [5.41, 5.74) is 6.64. The van der Waals surface area contributed by atoms with E-state index in [0.29, 0.717) is 12.5 Å². The minimum atomic E-state index is -0.115. The third kappa shape index (κ3) is 1.89. The number of methoxy groups -OCH3 is 1. The first-order chi connectivity index (χ1) is 9.60. The van der Waals surface area contributed by atoms with E-state index in [1.807, 2.05) is 36.2 Å². The van der Waals surface area contributed by atoms with Crippen LogP contribution in [0.4, 0.5) is 11.8 Å². The van der Waals surface area contributed by atoms with Crippen LogP contribution in [-0.4, -0.2) is 23.7 Å². The largest absolute Gasteiger partial charge is 0.497 e. The number of nitrogen functional groups attached to an aromatic ring is 1. The van der Waals surface area contributed by atoms with Crippen molar-refractivity contribution in [2.75, 3.05) is 24.8 Å². The number of benzene rings is 1. The van der Waals surface area contributed by atoms with Gasteiger partial charge in [-0.05, 0) is 17.7 Å². The molecule has 1 aliphatic rings. The van der Waals surface area contributed by atoms with E-state index >= 15 is 0 Å². The molecule has 3 rings (SSSR count). The van der Waals surface area contributed by atoms with E-state index in [0.717, 1.165) is 11.3 Å². The van der Waals surface area contributed by atoms with Crippen LogP contribution >= 0.6 is 0 Å². The minimum Gasteiger partial charge on any atom is -0.497 e. The van der Waals surface area contributed by atoms with Gasteiger partial charge in [-0.15, -0.1) is 0 Å². The van der Waals surface area contributed by atoms with Gasteiger partial charge in [0.15, 0.2) is 0 Å². The number of aromatic nitrogens is 2. The topological polar surface area (TPSA) is 73.4 Å². The first-order valence-electron chi connectivity index (χ1n) is 6.34. The summed E-state index contributed by atoms with van der Waals surface area (Å²) in [5, 5.41) is 0. The van der Waals surface area contributed by atoms with Crippen molar-refractivity contribution >= 4 is 11.8 Å². The van der Waals surface area contributed by atoms with E-state index in [2.05, 4.69) is 4.98 Å². The molecule has 0 saturated heterocycles. The van der Waals surface area contributed by atoms with Crippen molar-refractivity contribution in [3.63, 3.8) is 0 Å². The molecule has 0 radical (unpaired) electrons. The molecule has 1 aromatic heterocycles. The molecule has 0 bridgehead atoms. The van der Waals surface area contributed by atoms with Crippen LogP contribution in [0.15, 0.2) is 35.1 Å². The molecule has 0 saturated carbocycles. The number of rotatable bonds is 2.